The van der Waals surface area contributed by atoms with Crippen LogP contribution < -0.4 is 9.46 Å². The second-order valence-electron chi connectivity index (χ2n) is 4.80. The number of benzene rings is 2. The molecule has 6 heteroatoms. The second kappa shape index (κ2) is 6.89. The normalized spacial score (nSPS) is 12.9. The van der Waals surface area contributed by atoms with E-state index < -0.39 is 16.1 Å². The molecule has 4 nitrogen and oxygen atoms in total. The van der Waals surface area contributed by atoms with E-state index in [0.29, 0.717) is 17.9 Å². The lowest BCUT2D eigenvalue weighted by atomic mass is 10.1. The molecule has 0 amide bonds. The first-order valence-electron chi connectivity index (χ1n) is 6.93. The second-order valence-corrected chi connectivity index (χ2v) is 6.51. The highest BCUT2D eigenvalue weighted by Gasteiger charge is 2.18. The van der Waals surface area contributed by atoms with Crippen LogP contribution in [0.5, 0.6) is 5.75 Å². The highest BCUT2D eigenvalue weighted by molar-refractivity contribution is 7.89. The van der Waals surface area contributed by atoms with Gasteiger partial charge in [0.25, 0.3) is 0 Å². The van der Waals surface area contributed by atoms with Crippen LogP contribution in [-0.4, -0.2) is 15.0 Å². The molecule has 2 aromatic carbocycles. The minimum absolute atomic E-state index is 0.157. The number of sulfonamides is 1. The van der Waals surface area contributed by atoms with Crippen molar-refractivity contribution in [3.05, 3.63) is 59.9 Å². The molecule has 0 aromatic heterocycles. The molecule has 0 saturated carbocycles. The minimum atomic E-state index is -3.65. The predicted octanol–water partition coefficient (Wildman–Crippen LogP) is 3.26. The van der Waals surface area contributed by atoms with Gasteiger partial charge in [0.1, 0.15) is 11.6 Å². The van der Waals surface area contributed by atoms with Crippen LogP contribution in [0.2, 0.25) is 0 Å². The van der Waals surface area contributed by atoms with E-state index in [4.69, 9.17) is 4.74 Å². The van der Waals surface area contributed by atoms with Crippen molar-refractivity contribution < 1.29 is 17.5 Å². The number of ether oxygens (including phenoxy) is 1. The molecule has 2 rings (SSSR count). The summed E-state index contributed by atoms with van der Waals surface area (Å²) in [5, 5.41) is 0. The average Bonchev–Trinajstić information content (AvgIpc) is 2.48. The molecule has 0 spiro atoms. The maximum Gasteiger partial charge on any atom is 0.241 e. The van der Waals surface area contributed by atoms with Gasteiger partial charge in [-0.1, -0.05) is 12.1 Å². The van der Waals surface area contributed by atoms with Crippen LogP contribution in [0.1, 0.15) is 25.5 Å². The fourth-order valence-corrected chi connectivity index (χ4v) is 3.23. The first-order valence-corrected chi connectivity index (χ1v) is 8.41. The standard InChI is InChI=1S/C16H18FNO3S/c1-3-21-15-8-10-16(11-9-15)22(19,20)18-12(2)13-4-6-14(17)7-5-13/h4-12,18H,3H2,1-2H3/t12-/m1/s1. The Kier molecular flexibility index (Phi) is 5.15. The molecule has 22 heavy (non-hydrogen) atoms. The van der Waals surface area contributed by atoms with E-state index in [1.54, 1.807) is 31.2 Å². The number of hydrogen-bond acceptors (Lipinski definition) is 3. The molecule has 0 fully saturated rings. The summed E-state index contributed by atoms with van der Waals surface area (Å²) in [5.41, 5.74) is 0.691. The topological polar surface area (TPSA) is 55.4 Å². The van der Waals surface area contributed by atoms with E-state index in [2.05, 4.69) is 4.72 Å². The Hall–Kier alpha value is -1.92. The Labute approximate surface area is 130 Å². The van der Waals surface area contributed by atoms with E-state index in [0.717, 1.165) is 0 Å². The van der Waals surface area contributed by atoms with Gasteiger partial charge in [-0.2, -0.15) is 0 Å². The van der Waals surface area contributed by atoms with Crippen LogP contribution in [0, 0.1) is 5.82 Å². The van der Waals surface area contributed by atoms with Crippen molar-refractivity contribution in [2.45, 2.75) is 24.8 Å². The third-order valence-electron chi connectivity index (χ3n) is 3.15. The highest BCUT2D eigenvalue weighted by atomic mass is 32.2. The minimum Gasteiger partial charge on any atom is -0.494 e. The third kappa shape index (κ3) is 4.05. The largest absolute Gasteiger partial charge is 0.494 e. The molecule has 2 aromatic rings. The molecule has 0 bridgehead atoms. The Bertz CT molecular complexity index is 712. The molecular formula is C16H18FNO3S. The fourth-order valence-electron chi connectivity index (χ4n) is 2.00. The molecule has 1 N–H and O–H groups in total. The van der Waals surface area contributed by atoms with Crippen LogP contribution in [0.25, 0.3) is 0 Å². The van der Waals surface area contributed by atoms with Gasteiger partial charge in [0, 0.05) is 6.04 Å². The van der Waals surface area contributed by atoms with Crippen molar-refractivity contribution in [1.82, 2.24) is 4.72 Å². The lowest BCUT2D eigenvalue weighted by Crippen LogP contribution is -2.26. The Morgan fingerprint density at radius 3 is 2.23 bits per heavy atom. The maximum atomic E-state index is 12.9. The highest BCUT2D eigenvalue weighted by Crippen LogP contribution is 2.19. The SMILES string of the molecule is CCOc1ccc(S(=O)(=O)N[C@H](C)c2ccc(F)cc2)cc1. The van der Waals surface area contributed by atoms with Gasteiger partial charge in [0.05, 0.1) is 11.5 Å². The molecule has 0 aliphatic heterocycles. The molecule has 0 aliphatic rings. The fraction of sp³-hybridized carbons (Fsp3) is 0.250. The van der Waals surface area contributed by atoms with Gasteiger partial charge in [-0.05, 0) is 55.8 Å². The lowest BCUT2D eigenvalue weighted by molar-refractivity contribution is 0.340. The van der Waals surface area contributed by atoms with Gasteiger partial charge < -0.3 is 4.74 Å². The monoisotopic (exact) mass is 323 g/mol. The molecule has 0 saturated heterocycles. The molecule has 0 aliphatic carbocycles. The Balaban J connectivity index is 2.14. The molecular weight excluding hydrogens is 305 g/mol. The van der Waals surface area contributed by atoms with E-state index >= 15 is 0 Å². The van der Waals surface area contributed by atoms with Crippen LogP contribution in [0.4, 0.5) is 4.39 Å². The number of nitrogens with one attached hydrogen (secondary N) is 1. The number of halogens is 1. The first kappa shape index (κ1) is 16.5. The van der Waals surface area contributed by atoms with Gasteiger partial charge in [-0.15, -0.1) is 0 Å². The van der Waals surface area contributed by atoms with Crippen LogP contribution in [-0.2, 0) is 10.0 Å². The van der Waals surface area contributed by atoms with Gasteiger partial charge in [-0.25, -0.2) is 17.5 Å². The summed E-state index contributed by atoms with van der Waals surface area (Å²) in [7, 11) is -3.65. The number of rotatable bonds is 6. The summed E-state index contributed by atoms with van der Waals surface area (Å²) in [4.78, 5) is 0.157. The average molecular weight is 323 g/mol. The number of hydrogen-bond donors (Lipinski definition) is 1. The Morgan fingerprint density at radius 2 is 1.68 bits per heavy atom. The van der Waals surface area contributed by atoms with Gasteiger partial charge in [0.2, 0.25) is 10.0 Å². The van der Waals surface area contributed by atoms with Crippen molar-refractivity contribution in [2.75, 3.05) is 6.61 Å². The summed E-state index contributed by atoms with van der Waals surface area (Å²) in [6, 6.07) is 11.5. The Morgan fingerprint density at radius 1 is 1.09 bits per heavy atom. The molecule has 1 atom stereocenters. The third-order valence-corrected chi connectivity index (χ3v) is 4.70. The zero-order valence-electron chi connectivity index (χ0n) is 12.4. The van der Waals surface area contributed by atoms with Crippen LogP contribution in [0.3, 0.4) is 0 Å². The molecule has 118 valence electrons. The van der Waals surface area contributed by atoms with Gasteiger partial charge in [-0.3, -0.25) is 0 Å². The predicted molar refractivity (Wildman–Crippen MR) is 82.7 cm³/mol. The zero-order chi connectivity index (χ0) is 16.2. The van der Waals surface area contributed by atoms with E-state index in [1.807, 2.05) is 6.92 Å². The van der Waals surface area contributed by atoms with E-state index in [9.17, 15) is 12.8 Å². The van der Waals surface area contributed by atoms with E-state index in [1.165, 1.54) is 24.3 Å². The molecule has 0 heterocycles. The lowest BCUT2D eigenvalue weighted by Gasteiger charge is -2.15. The first-order chi connectivity index (χ1) is 10.4. The van der Waals surface area contributed by atoms with Crippen LogP contribution in [0.15, 0.2) is 53.4 Å². The van der Waals surface area contributed by atoms with Crippen molar-refractivity contribution in [1.29, 1.82) is 0 Å². The van der Waals surface area contributed by atoms with Crippen LogP contribution >= 0.6 is 0 Å². The van der Waals surface area contributed by atoms with Crippen molar-refractivity contribution >= 4 is 10.0 Å². The summed E-state index contributed by atoms with van der Waals surface area (Å²) in [6.07, 6.45) is 0. The zero-order valence-corrected chi connectivity index (χ0v) is 13.2. The summed E-state index contributed by atoms with van der Waals surface area (Å²) >= 11 is 0. The van der Waals surface area contributed by atoms with Gasteiger partial charge >= 0.3 is 0 Å². The smallest absolute Gasteiger partial charge is 0.241 e. The quantitative estimate of drug-likeness (QED) is 0.888. The summed E-state index contributed by atoms with van der Waals surface area (Å²) in [5.74, 6) is 0.262. The molecule has 0 radical (unpaired) electrons. The molecule has 0 unspecified atom stereocenters. The summed E-state index contributed by atoms with van der Waals surface area (Å²) in [6.45, 7) is 4.09. The van der Waals surface area contributed by atoms with E-state index in [-0.39, 0.29) is 10.7 Å². The van der Waals surface area contributed by atoms with Gasteiger partial charge in [0.15, 0.2) is 0 Å². The van der Waals surface area contributed by atoms with Crippen molar-refractivity contribution in [3.63, 3.8) is 0 Å². The summed E-state index contributed by atoms with van der Waals surface area (Å²) < 4.78 is 45.4. The van der Waals surface area contributed by atoms with Crippen molar-refractivity contribution in [2.24, 2.45) is 0 Å². The maximum absolute atomic E-state index is 12.9. The van der Waals surface area contributed by atoms with Crippen molar-refractivity contribution in [3.8, 4) is 5.75 Å².